The van der Waals surface area contributed by atoms with Crippen LogP contribution >= 0.6 is 0 Å². The number of anilines is 1. The fraction of sp³-hybridized carbons (Fsp3) is 0.800. The molecule has 1 rings (SSSR count). The molecule has 0 saturated heterocycles. The predicted octanol–water partition coefficient (Wildman–Crippen LogP) is 1.72. The highest BCUT2D eigenvalue weighted by molar-refractivity contribution is 5.25. The summed E-state index contributed by atoms with van der Waals surface area (Å²) in [6.45, 7) is 5.02. The molecule has 0 aromatic carbocycles. The average Bonchev–Trinajstić information content (AvgIpc) is 2.74. The van der Waals surface area contributed by atoms with Crippen LogP contribution in [-0.4, -0.2) is 23.7 Å². The lowest BCUT2D eigenvalue weighted by Gasteiger charge is -2.09. The smallest absolute Gasteiger partial charge is 0.265 e. The van der Waals surface area contributed by atoms with Crippen molar-refractivity contribution in [2.75, 3.05) is 18.5 Å². The summed E-state index contributed by atoms with van der Waals surface area (Å²) in [5, 5.41) is 3.88. The number of aromatic nitrogens is 2. The third kappa shape index (κ3) is 3.20. The van der Waals surface area contributed by atoms with E-state index in [2.05, 4.69) is 17.1 Å². The average molecular weight is 212 g/mol. The van der Waals surface area contributed by atoms with Crippen LogP contribution in [0, 0.1) is 0 Å². The molecule has 0 bridgehead atoms. The van der Waals surface area contributed by atoms with Crippen molar-refractivity contribution in [3.05, 3.63) is 5.89 Å². The molecule has 1 aromatic rings. The number of nitrogens with zero attached hydrogens (tertiary/aromatic N) is 3. The van der Waals surface area contributed by atoms with Gasteiger partial charge in [-0.25, -0.2) is 0 Å². The molecule has 1 atom stereocenters. The maximum absolute atomic E-state index is 5.92. The second-order valence-corrected chi connectivity index (χ2v) is 3.70. The molecule has 1 aromatic heterocycles. The van der Waals surface area contributed by atoms with E-state index in [0.717, 1.165) is 25.8 Å². The van der Waals surface area contributed by atoms with E-state index in [-0.39, 0.29) is 6.04 Å². The third-order valence-corrected chi connectivity index (χ3v) is 2.43. The fourth-order valence-corrected chi connectivity index (χ4v) is 1.22. The van der Waals surface area contributed by atoms with E-state index >= 15 is 0 Å². The number of rotatable bonds is 6. The fourth-order valence-electron chi connectivity index (χ4n) is 1.22. The molecule has 15 heavy (non-hydrogen) atoms. The van der Waals surface area contributed by atoms with Crippen LogP contribution in [0.3, 0.4) is 0 Å². The standard InChI is InChI=1S/C10H20N4O/c1-4-6-7-8(11)9-12-10(13-15-9)14(3)5-2/h8H,4-7,11H2,1-3H3. The highest BCUT2D eigenvalue weighted by Crippen LogP contribution is 2.17. The van der Waals surface area contributed by atoms with Gasteiger partial charge < -0.3 is 15.2 Å². The normalized spacial score (nSPS) is 12.8. The quantitative estimate of drug-likeness (QED) is 0.777. The Morgan fingerprint density at radius 3 is 2.80 bits per heavy atom. The van der Waals surface area contributed by atoms with E-state index in [0.29, 0.717) is 11.8 Å². The van der Waals surface area contributed by atoms with Crippen molar-refractivity contribution >= 4 is 5.95 Å². The van der Waals surface area contributed by atoms with E-state index in [1.807, 2.05) is 18.9 Å². The zero-order valence-electron chi connectivity index (χ0n) is 9.73. The van der Waals surface area contributed by atoms with Gasteiger partial charge in [-0.3, -0.25) is 0 Å². The van der Waals surface area contributed by atoms with E-state index in [1.54, 1.807) is 0 Å². The lowest BCUT2D eigenvalue weighted by molar-refractivity contribution is 0.346. The van der Waals surface area contributed by atoms with Gasteiger partial charge in [-0.15, -0.1) is 0 Å². The maximum Gasteiger partial charge on any atom is 0.265 e. The second kappa shape index (κ2) is 5.70. The van der Waals surface area contributed by atoms with Crippen molar-refractivity contribution in [3.63, 3.8) is 0 Å². The van der Waals surface area contributed by atoms with Crippen molar-refractivity contribution in [2.24, 2.45) is 5.73 Å². The van der Waals surface area contributed by atoms with Crippen LogP contribution in [0.1, 0.15) is 45.0 Å². The Bertz CT molecular complexity index is 287. The first-order valence-electron chi connectivity index (χ1n) is 5.49. The van der Waals surface area contributed by atoms with Crippen LogP contribution in [0.4, 0.5) is 5.95 Å². The molecular formula is C10H20N4O. The van der Waals surface area contributed by atoms with Gasteiger partial charge in [-0.05, 0) is 18.5 Å². The van der Waals surface area contributed by atoms with Gasteiger partial charge in [0.1, 0.15) is 0 Å². The molecule has 5 nitrogen and oxygen atoms in total. The molecule has 0 fully saturated rings. The van der Waals surface area contributed by atoms with Gasteiger partial charge in [0.25, 0.3) is 5.95 Å². The Kier molecular flexibility index (Phi) is 4.55. The molecule has 86 valence electrons. The molecule has 5 heteroatoms. The van der Waals surface area contributed by atoms with Crippen molar-refractivity contribution in [2.45, 2.75) is 39.2 Å². The largest absolute Gasteiger partial charge is 0.342 e. The van der Waals surface area contributed by atoms with Crippen LogP contribution in [0.5, 0.6) is 0 Å². The summed E-state index contributed by atoms with van der Waals surface area (Å²) in [5.41, 5.74) is 5.92. The first kappa shape index (κ1) is 12.0. The minimum Gasteiger partial charge on any atom is -0.342 e. The second-order valence-electron chi connectivity index (χ2n) is 3.70. The van der Waals surface area contributed by atoms with E-state index in [4.69, 9.17) is 10.3 Å². The lowest BCUT2D eigenvalue weighted by Crippen LogP contribution is -2.17. The Morgan fingerprint density at radius 1 is 1.47 bits per heavy atom. The van der Waals surface area contributed by atoms with Gasteiger partial charge in [-0.1, -0.05) is 19.8 Å². The zero-order chi connectivity index (χ0) is 11.3. The Hall–Kier alpha value is -1.10. The SMILES string of the molecule is CCCCC(N)c1nc(N(C)CC)no1. The summed E-state index contributed by atoms with van der Waals surface area (Å²) in [5.74, 6) is 1.15. The Labute approximate surface area is 90.6 Å². The van der Waals surface area contributed by atoms with Gasteiger partial charge in [0.15, 0.2) is 0 Å². The van der Waals surface area contributed by atoms with Crippen LogP contribution in [-0.2, 0) is 0 Å². The minimum atomic E-state index is -0.128. The van der Waals surface area contributed by atoms with Crippen molar-refractivity contribution in [1.82, 2.24) is 10.1 Å². The Morgan fingerprint density at radius 2 is 2.20 bits per heavy atom. The number of nitrogens with two attached hydrogens (primary N) is 1. The third-order valence-electron chi connectivity index (χ3n) is 2.43. The monoisotopic (exact) mass is 212 g/mol. The summed E-state index contributed by atoms with van der Waals surface area (Å²) < 4.78 is 5.12. The summed E-state index contributed by atoms with van der Waals surface area (Å²) in [6.07, 6.45) is 3.11. The van der Waals surface area contributed by atoms with Gasteiger partial charge in [0.05, 0.1) is 6.04 Å². The number of hydrogen-bond donors (Lipinski definition) is 1. The molecule has 2 N–H and O–H groups in total. The highest BCUT2D eigenvalue weighted by atomic mass is 16.5. The van der Waals surface area contributed by atoms with Crippen LogP contribution in [0.15, 0.2) is 4.52 Å². The number of unbranched alkanes of at least 4 members (excludes halogenated alkanes) is 1. The lowest BCUT2D eigenvalue weighted by atomic mass is 10.1. The number of hydrogen-bond acceptors (Lipinski definition) is 5. The molecule has 0 spiro atoms. The molecule has 0 aliphatic carbocycles. The topological polar surface area (TPSA) is 68.2 Å². The summed E-state index contributed by atoms with van der Waals surface area (Å²) >= 11 is 0. The predicted molar refractivity (Wildman–Crippen MR) is 59.7 cm³/mol. The molecule has 0 aliphatic rings. The summed E-state index contributed by atoms with van der Waals surface area (Å²) in [6, 6.07) is -0.128. The Balaban J connectivity index is 2.58. The molecule has 0 radical (unpaired) electrons. The molecular weight excluding hydrogens is 192 g/mol. The first-order valence-corrected chi connectivity index (χ1v) is 5.49. The molecule has 0 aliphatic heterocycles. The van der Waals surface area contributed by atoms with E-state index < -0.39 is 0 Å². The van der Waals surface area contributed by atoms with Crippen LogP contribution < -0.4 is 10.6 Å². The molecule has 1 unspecified atom stereocenters. The van der Waals surface area contributed by atoms with Crippen molar-refractivity contribution in [3.8, 4) is 0 Å². The molecule has 0 amide bonds. The summed E-state index contributed by atoms with van der Waals surface area (Å²) in [4.78, 5) is 6.17. The van der Waals surface area contributed by atoms with Gasteiger partial charge in [-0.2, -0.15) is 4.98 Å². The minimum absolute atomic E-state index is 0.128. The molecule has 1 heterocycles. The van der Waals surface area contributed by atoms with Gasteiger partial charge in [0.2, 0.25) is 5.89 Å². The summed E-state index contributed by atoms with van der Waals surface area (Å²) in [7, 11) is 1.92. The highest BCUT2D eigenvalue weighted by Gasteiger charge is 2.15. The molecule has 0 saturated carbocycles. The van der Waals surface area contributed by atoms with Gasteiger partial charge >= 0.3 is 0 Å². The van der Waals surface area contributed by atoms with Crippen LogP contribution in [0.2, 0.25) is 0 Å². The van der Waals surface area contributed by atoms with Crippen molar-refractivity contribution in [1.29, 1.82) is 0 Å². The first-order chi connectivity index (χ1) is 7.19. The maximum atomic E-state index is 5.92. The van der Waals surface area contributed by atoms with E-state index in [9.17, 15) is 0 Å². The van der Waals surface area contributed by atoms with Crippen molar-refractivity contribution < 1.29 is 4.52 Å². The van der Waals surface area contributed by atoms with Crippen LogP contribution in [0.25, 0.3) is 0 Å². The van der Waals surface area contributed by atoms with Gasteiger partial charge in [0, 0.05) is 13.6 Å². The zero-order valence-corrected chi connectivity index (χ0v) is 9.73. The van der Waals surface area contributed by atoms with E-state index in [1.165, 1.54) is 0 Å².